The summed E-state index contributed by atoms with van der Waals surface area (Å²) in [6.07, 6.45) is 2.30. The van der Waals surface area contributed by atoms with Crippen molar-refractivity contribution in [2.45, 2.75) is 107 Å². The second kappa shape index (κ2) is 8.69. The molecule has 7 aliphatic rings. The number of cyclic esters (lactones) is 1. The molecule has 40 heavy (non-hydrogen) atoms. The van der Waals surface area contributed by atoms with Gasteiger partial charge in [-0.05, 0) is 56.4 Å². The van der Waals surface area contributed by atoms with Crippen LogP contribution in [0.3, 0.4) is 0 Å². The third kappa shape index (κ3) is 3.30. The van der Waals surface area contributed by atoms with Crippen LogP contribution in [0.25, 0.3) is 0 Å². The number of fused-ring (bicyclic) bond motifs is 7. The van der Waals surface area contributed by atoms with E-state index in [9.17, 15) is 24.9 Å². The molecule has 3 N–H and O–H groups in total. The number of ether oxygens (including phenoxy) is 5. The van der Waals surface area contributed by atoms with Gasteiger partial charge >= 0.3 is 5.97 Å². The van der Waals surface area contributed by atoms with E-state index < -0.39 is 64.8 Å². The zero-order chi connectivity index (χ0) is 28.4. The van der Waals surface area contributed by atoms with E-state index >= 15 is 0 Å². The standard InChI is InChI=1S/C30H40O10/c1-14-9-21(36-4)30(35)26(38-14)39-19-11-16-5-6-18-23(27(16,2)12-20(19)40-30)24(32)25(33)28(3)17(7-8-29(18,28)34)15-10-22(31)37-13-15/h10-11,14,17-21,23,25-26,33-35H,5-9,12-13H2,1-4H3/t14-,17-,18+,19-,20-,21-,23+,25-,26+,27+,28+,29+,30+/m1/s1. The van der Waals surface area contributed by atoms with Crippen molar-refractivity contribution in [2.75, 3.05) is 13.7 Å². The average molecular weight is 561 g/mol. The minimum Gasteiger partial charge on any atom is -0.458 e. The van der Waals surface area contributed by atoms with E-state index in [2.05, 4.69) is 0 Å². The zero-order valence-electron chi connectivity index (χ0n) is 23.5. The number of esters is 1. The van der Waals surface area contributed by atoms with Crippen LogP contribution in [-0.4, -0.2) is 89.0 Å². The Labute approximate surface area is 233 Å². The normalized spacial score (nSPS) is 55.2. The smallest absolute Gasteiger partial charge is 0.331 e. The van der Waals surface area contributed by atoms with Crippen molar-refractivity contribution >= 4 is 11.8 Å². The molecular weight excluding hydrogens is 520 g/mol. The Hall–Kier alpha value is -1.66. The van der Waals surface area contributed by atoms with Crippen molar-refractivity contribution in [1.82, 2.24) is 0 Å². The van der Waals surface area contributed by atoms with E-state index in [1.54, 1.807) is 6.92 Å². The van der Waals surface area contributed by atoms with Crippen LogP contribution < -0.4 is 0 Å². The first-order chi connectivity index (χ1) is 18.9. The molecular formula is C30H40O10. The van der Waals surface area contributed by atoms with Gasteiger partial charge in [-0.3, -0.25) is 4.79 Å². The third-order valence-electron chi connectivity index (χ3n) is 11.9. The summed E-state index contributed by atoms with van der Waals surface area (Å²) in [7, 11) is 1.53. The number of carbonyl (C=O) groups excluding carboxylic acids is 2. The van der Waals surface area contributed by atoms with Gasteiger partial charge in [0.25, 0.3) is 0 Å². The van der Waals surface area contributed by atoms with Crippen molar-refractivity contribution < 1.29 is 48.6 Å². The molecule has 7 rings (SSSR count). The molecule has 2 saturated heterocycles. The van der Waals surface area contributed by atoms with E-state index in [0.29, 0.717) is 38.5 Å². The summed E-state index contributed by atoms with van der Waals surface area (Å²) in [5.41, 5.74) is -1.34. The molecule has 3 heterocycles. The highest BCUT2D eigenvalue weighted by atomic mass is 16.8. The van der Waals surface area contributed by atoms with Crippen molar-refractivity contribution in [1.29, 1.82) is 0 Å². The van der Waals surface area contributed by atoms with Crippen LogP contribution in [0.2, 0.25) is 0 Å². The fourth-order valence-corrected chi connectivity index (χ4v) is 9.81. The average Bonchev–Trinajstić information content (AvgIpc) is 3.45. The highest BCUT2D eigenvalue weighted by molar-refractivity contribution is 5.90. The third-order valence-corrected chi connectivity index (χ3v) is 11.9. The number of hydrogen-bond donors (Lipinski definition) is 3. The lowest BCUT2D eigenvalue weighted by Crippen LogP contribution is -2.72. The number of Topliss-reactive ketones (excluding diaryl/α,β-unsaturated/α-hetero) is 1. The molecule has 0 aromatic rings. The van der Waals surface area contributed by atoms with Gasteiger partial charge < -0.3 is 39.0 Å². The lowest BCUT2D eigenvalue weighted by Gasteiger charge is -2.63. The molecule has 5 fully saturated rings. The van der Waals surface area contributed by atoms with Crippen molar-refractivity contribution in [3.63, 3.8) is 0 Å². The molecule has 0 amide bonds. The summed E-state index contributed by atoms with van der Waals surface area (Å²) in [5.74, 6) is -3.83. The molecule has 0 radical (unpaired) electrons. The molecule has 0 aromatic carbocycles. The first-order valence-corrected chi connectivity index (χ1v) is 14.6. The number of aliphatic hydroxyl groups is 3. The van der Waals surface area contributed by atoms with Gasteiger partial charge in [0.15, 0.2) is 5.78 Å². The lowest BCUT2D eigenvalue weighted by molar-refractivity contribution is -0.450. The van der Waals surface area contributed by atoms with Crippen LogP contribution in [0.15, 0.2) is 23.3 Å². The molecule has 0 unspecified atom stereocenters. The van der Waals surface area contributed by atoms with E-state index in [-0.39, 0.29) is 30.3 Å². The predicted octanol–water partition coefficient (Wildman–Crippen LogP) is 1.55. The summed E-state index contributed by atoms with van der Waals surface area (Å²) >= 11 is 0. The van der Waals surface area contributed by atoms with E-state index in [1.807, 2.05) is 19.9 Å². The first-order valence-electron chi connectivity index (χ1n) is 14.6. The maximum atomic E-state index is 14.3. The van der Waals surface area contributed by atoms with Gasteiger partial charge in [-0.2, -0.15) is 0 Å². The van der Waals surface area contributed by atoms with Crippen LogP contribution in [0.5, 0.6) is 0 Å². The number of allylic oxidation sites excluding steroid dienone is 1. The Morgan fingerprint density at radius 2 is 1.90 bits per heavy atom. The summed E-state index contributed by atoms with van der Waals surface area (Å²) in [6, 6.07) is 0. The molecule has 0 aromatic heterocycles. The Balaban J connectivity index is 1.24. The maximum Gasteiger partial charge on any atom is 0.331 e. The Morgan fingerprint density at radius 1 is 1.12 bits per heavy atom. The number of ketones is 1. The fourth-order valence-electron chi connectivity index (χ4n) is 9.81. The summed E-state index contributed by atoms with van der Waals surface area (Å²) in [6.45, 7) is 5.86. The number of methoxy groups -OCH3 is 1. The van der Waals surface area contributed by atoms with Crippen LogP contribution >= 0.6 is 0 Å². The molecule has 13 atom stereocenters. The SMILES string of the molecule is CO[C@@H]1C[C@@H](C)O[C@H]2O[C@@H]3C=C4CC[C@H]5[C@@H](C(=O)[C@@H](O)[C@]6(C)[C@@H](C7=CC(=O)OC7)CC[C@]56O)[C@@]4(C)C[C@H]3O[C@]21O. The number of carbonyl (C=O) groups is 2. The second-order valence-electron chi connectivity index (χ2n) is 13.6. The Morgan fingerprint density at radius 3 is 2.60 bits per heavy atom. The molecule has 0 spiro atoms. The van der Waals surface area contributed by atoms with E-state index in [4.69, 9.17) is 23.7 Å². The van der Waals surface area contributed by atoms with Crippen molar-refractivity contribution in [2.24, 2.45) is 28.6 Å². The van der Waals surface area contributed by atoms with Crippen molar-refractivity contribution in [3.8, 4) is 0 Å². The maximum absolute atomic E-state index is 14.3. The summed E-state index contributed by atoms with van der Waals surface area (Å²) in [4.78, 5) is 26.1. The minimum absolute atomic E-state index is 0.129. The van der Waals surface area contributed by atoms with Gasteiger partial charge in [-0.1, -0.05) is 25.5 Å². The zero-order valence-corrected chi connectivity index (χ0v) is 23.5. The van der Waals surface area contributed by atoms with Crippen LogP contribution in [-0.2, 0) is 33.3 Å². The molecule has 3 saturated carbocycles. The van der Waals surface area contributed by atoms with Gasteiger partial charge in [0.05, 0.1) is 17.8 Å². The van der Waals surface area contributed by atoms with Gasteiger partial charge in [-0.25, -0.2) is 4.79 Å². The number of aliphatic hydroxyl groups excluding tert-OH is 1. The summed E-state index contributed by atoms with van der Waals surface area (Å²) in [5, 5.41) is 35.7. The van der Waals surface area contributed by atoms with Crippen LogP contribution in [0.4, 0.5) is 0 Å². The van der Waals surface area contributed by atoms with E-state index in [0.717, 1.165) is 11.1 Å². The first kappa shape index (κ1) is 27.2. The Kier molecular flexibility index (Phi) is 5.91. The van der Waals surface area contributed by atoms with Gasteiger partial charge in [0.1, 0.15) is 24.9 Å². The Bertz CT molecular complexity index is 1200. The van der Waals surface area contributed by atoms with Gasteiger partial charge in [0.2, 0.25) is 12.1 Å². The second-order valence-corrected chi connectivity index (χ2v) is 13.6. The monoisotopic (exact) mass is 560 g/mol. The molecule has 10 heteroatoms. The van der Waals surface area contributed by atoms with Gasteiger partial charge in [-0.15, -0.1) is 0 Å². The highest BCUT2D eigenvalue weighted by Gasteiger charge is 2.74. The molecule has 220 valence electrons. The topological polar surface area (TPSA) is 141 Å². The largest absolute Gasteiger partial charge is 0.458 e. The summed E-state index contributed by atoms with van der Waals surface area (Å²) < 4.78 is 29.3. The van der Waals surface area contributed by atoms with E-state index in [1.165, 1.54) is 13.2 Å². The van der Waals surface area contributed by atoms with Gasteiger partial charge in [0, 0.05) is 36.4 Å². The predicted molar refractivity (Wildman–Crippen MR) is 137 cm³/mol. The van der Waals surface area contributed by atoms with Crippen LogP contribution in [0, 0.1) is 28.6 Å². The highest BCUT2D eigenvalue weighted by Crippen LogP contribution is 2.68. The quantitative estimate of drug-likeness (QED) is 0.336. The van der Waals surface area contributed by atoms with Crippen molar-refractivity contribution in [3.05, 3.63) is 23.3 Å². The molecule has 0 bridgehead atoms. The number of hydrogen-bond acceptors (Lipinski definition) is 10. The molecule has 3 aliphatic heterocycles. The fraction of sp³-hybridized carbons (Fsp3) is 0.800. The molecule has 10 nitrogen and oxygen atoms in total. The molecule has 4 aliphatic carbocycles. The number of rotatable bonds is 2. The minimum atomic E-state index is -1.79. The lowest BCUT2D eigenvalue weighted by atomic mass is 9.43. The van der Waals surface area contributed by atoms with Crippen LogP contribution in [0.1, 0.15) is 59.3 Å².